The number of rotatable bonds is 7. The molecule has 0 atom stereocenters. The second-order valence-corrected chi connectivity index (χ2v) is 6.88. The minimum absolute atomic E-state index is 0.573. The quantitative estimate of drug-likeness (QED) is 0.573. The first-order valence-corrected chi connectivity index (χ1v) is 9.50. The largest absolute Gasteiger partial charge is 0.478 e. The summed E-state index contributed by atoms with van der Waals surface area (Å²) in [7, 11) is 0. The molecule has 25 heavy (non-hydrogen) atoms. The number of nitrogens with zero attached hydrogens (tertiary/aromatic N) is 2. The topological polar surface area (TPSA) is 47.0 Å². The first kappa shape index (κ1) is 17.7. The molecule has 0 spiro atoms. The molecule has 130 valence electrons. The maximum atomic E-state index is 6.41. The molecule has 2 aromatic heterocycles. The first-order chi connectivity index (χ1) is 12.2. The Labute approximate surface area is 156 Å². The number of hydrogen-bond acceptors (Lipinski definition) is 5. The Morgan fingerprint density at radius 3 is 2.68 bits per heavy atom. The number of pyridine rings is 1. The Balaban J connectivity index is 2.07. The third-order valence-electron chi connectivity index (χ3n) is 3.63. The molecule has 0 aliphatic carbocycles. The van der Waals surface area contributed by atoms with Crippen LogP contribution in [0.25, 0.3) is 21.6 Å². The molecule has 0 saturated carbocycles. The molecule has 0 fully saturated rings. The van der Waals surface area contributed by atoms with Crippen molar-refractivity contribution in [2.24, 2.45) is 0 Å². The van der Waals surface area contributed by atoms with E-state index in [1.807, 2.05) is 49.6 Å². The summed E-state index contributed by atoms with van der Waals surface area (Å²) in [6, 6.07) is 9.74. The molecule has 0 unspecified atom stereocenters. The molecule has 0 aliphatic rings. The van der Waals surface area contributed by atoms with Crippen molar-refractivity contribution >= 4 is 28.1 Å². The predicted octanol–water partition coefficient (Wildman–Crippen LogP) is 5.75. The molecule has 0 aliphatic heterocycles. The van der Waals surface area contributed by atoms with E-state index in [1.54, 1.807) is 11.3 Å². The van der Waals surface area contributed by atoms with E-state index in [1.165, 1.54) is 0 Å². The minimum atomic E-state index is 0.573. The molecule has 1 aromatic carbocycles. The molecular weight excluding hydrogens is 354 g/mol. The van der Waals surface area contributed by atoms with Crippen LogP contribution in [0.2, 0.25) is 5.02 Å². The van der Waals surface area contributed by atoms with Crippen LogP contribution >= 0.6 is 22.9 Å². The van der Waals surface area contributed by atoms with Crippen LogP contribution in [0.15, 0.2) is 42.7 Å². The highest BCUT2D eigenvalue weighted by Crippen LogP contribution is 2.40. The summed E-state index contributed by atoms with van der Waals surface area (Å²) in [4.78, 5) is 9.95. The van der Waals surface area contributed by atoms with Crippen molar-refractivity contribution in [1.29, 1.82) is 0 Å². The number of thiazole rings is 1. The average Bonchev–Trinajstić information content (AvgIpc) is 3.10. The lowest BCUT2D eigenvalue weighted by molar-refractivity contribution is 0.327. The maximum absolute atomic E-state index is 6.41. The van der Waals surface area contributed by atoms with Crippen molar-refractivity contribution in [1.82, 2.24) is 9.97 Å². The Bertz CT molecular complexity index is 850. The summed E-state index contributed by atoms with van der Waals surface area (Å²) in [5.74, 6) is 0.602. The number of benzene rings is 1. The van der Waals surface area contributed by atoms with Crippen molar-refractivity contribution in [2.75, 3.05) is 18.5 Å². The normalized spacial score (nSPS) is 10.7. The molecule has 6 heteroatoms. The maximum Gasteiger partial charge on any atom is 0.213 e. The first-order valence-electron chi connectivity index (χ1n) is 8.30. The van der Waals surface area contributed by atoms with Gasteiger partial charge in [0, 0.05) is 46.7 Å². The zero-order chi connectivity index (χ0) is 17.6. The molecule has 0 saturated heterocycles. The predicted molar refractivity (Wildman–Crippen MR) is 106 cm³/mol. The van der Waals surface area contributed by atoms with Gasteiger partial charge in [0.25, 0.3) is 0 Å². The Morgan fingerprint density at radius 1 is 1.08 bits per heavy atom. The van der Waals surface area contributed by atoms with E-state index in [4.69, 9.17) is 16.3 Å². The van der Waals surface area contributed by atoms with Crippen molar-refractivity contribution in [2.45, 2.75) is 20.3 Å². The van der Waals surface area contributed by atoms with Gasteiger partial charge in [-0.1, -0.05) is 48.1 Å². The second-order valence-electron chi connectivity index (χ2n) is 5.44. The number of hydrogen-bond donors (Lipinski definition) is 1. The summed E-state index contributed by atoms with van der Waals surface area (Å²) < 4.78 is 5.59. The van der Waals surface area contributed by atoms with Gasteiger partial charge in [0.05, 0.1) is 11.5 Å². The van der Waals surface area contributed by atoms with Gasteiger partial charge in [0.15, 0.2) is 5.13 Å². The van der Waals surface area contributed by atoms with Gasteiger partial charge in [0.1, 0.15) is 0 Å². The van der Waals surface area contributed by atoms with Crippen molar-refractivity contribution in [3.8, 4) is 27.4 Å². The van der Waals surface area contributed by atoms with Crippen LogP contribution in [0.3, 0.4) is 0 Å². The van der Waals surface area contributed by atoms with Crippen LogP contribution in [0.5, 0.6) is 5.88 Å². The molecule has 3 rings (SSSR count). The van der Waals surface area contributed by atoms with Gasteiger partial charge in [-0.15, -0.1) is 0 Å². The molecule has 3 aromatic rings. The monoisotopic (exact) mass is 373 g/mol. The van der Waals surface area contributed by atoms with E-state index in [0.717, 1.165) is 39.7 Å². The molecule has 1 N–H and O–H groups in total. The molecular formula is C19H20ClN3OS. The second kappa shape index (κ2) is 8.32. The van der Waals surface area contributed by atoms with Crippen LogP contribution in [0, 0.1) is 0 Å². The van der Waals surface area contributed by atoms with E-state index in [9.17, 15) is 0 Å². The zero-order valence-electron chi connectivity index (χ0n) is 14.3. The number of nitrogens with one attached hydrogen (secondary N) is 1. The number of anilines is 1. The molecule has 4 nitrogen and oxygen atoms in total. The third kappa shape index (κ3) is 4.11. The van der Waals surface area contributed by atoms with Gasteiger partial charge in [0.2, 0.25) is 5.88 Å². The summed E-state index contributed by atoms with van der Waals surface area (Å²) in [5.41, 5.74) is 2.94. The lowest BCUT2D eigenvalue weighted by Crippen LogP contribution is -1.97. The Hall–Kier alpha value is -2.11. The third-order valence-corrected chi connectivity index (χ3v) is 4.95. The van der Waals surface area contributed by atoms with Gasteiger partial charge < -0.3 is 10.1 Å². The minimum Gasteiger partial charge on any atom is -0.478 e. The number of ether oxygens (including phenoxy) is 1. The molecule has 2 heterocycles. The summed E-state index contributed by atoms with van der Waals surface area (Å²) in [6.07, 6.45) is 4.76. The van der Waals surface area contributed by atoms with Crippen molar-refractivity contribution in [3.63, 3.8) is 0 Å². The van der Waals surface area contributed by atoms with E-state index >= 15 is 0 Å². The lowest BCUT2D eigenvalue weighted by Gasteiger charge is -2.11. The fourth-order valence-electron chi connectivity index (χ4n) is 2.47. The van der Waals surface area contributed by atoms with E-state index in [2.05, 4.69) is 22.2 Å². The van der Waals surface area contributed by atoms with Crippen molar-refractivity contribution in [3.05, 3.63) is 47.7 Å². The zero-order valence-corrected chi connectivity index (χ0v) is 15.8. The van der Waals surface area contributed by atoms with E-state index in [0.29, 0.717) is 17.5 Å². The van der Waals surface area contributed by atoms with Gasteiger partial charge in [-0.05, 0) is 19.4 Å². The van der Waals surface area contributed by atoms with Gasteiger partial charge in [-0.25, -0.2) is 9.97 Å². The highest BCUT2D eigenvalue weighted by Gasteiger charge is 2.15. The van der Waals surface area contributed by atoms with Crippen LogP contribution in [-0.4, -0.2) is 23.1 Å². The summed E-state index contributed by atoms with van der Waals surface area (Å²) >= 11 is 8.03. The van der Waals surface area contributed by atoms with Gasteiger partial charge in [-0.3, -0.25) is 0 Å². The molecule has 0 amide bonds. The van der Waals surface area contributed by atoms with Gasteiger partial charge >= 0.3 is 0 Å². The average molecular weight is 374 g/mol. The fourth-order valence-corrected chi connectivity index (χ4v) is 3.58. The molecule has 0 bridgehead atoms. The highest BCUT2D eigenvalue weighted by atomic mass is 35.5. The highest BCUT2D eigenvalue weighted by molar-refractivity contribution is 7.18. The van der Waals surface area contributed by atoms with Crippen LogP contribution in [-0.2, 0) is 0 Å². The Morgan fingerprint density at radius 2 is 1.92 bits per heavy atom. The Kier molecular flexibility index (Phi) is 5.89. The number of halogens is 1. The fraction of sp³-hybridized carbons (Fsp3) is 0.263. The van der Waals surface area contributed by atoms with E-state index in [-0.39, 0.29) is 0 Å². The van der Waals surface area contributed by atoms with Crippen LogP contribution < -0.4 is 10.1 Å². The summed E-state index contributed by atoms with van der Waals surface area (Å²) in [6.45, 7) is 5.56. The van der Waals surface area contributed by atoms with Crippen LogP contribution in [0.1, 0.15) is 20.3 Å². The smallest absolute Gasteiger partial charge is 0.213 e. The van der Waals surface area contributed by atoms with Crippen LogP contribution in [0.4, 0.5) is 5.13 Å². The van der Waals surface area contributed by atoms with Crippen molar-refractivity contribution < 1.29 is 4.74 Å². The van der Waals surface area contributed by atoms with E-state index < -0.39 is 0 Å². The standard InChI is InChI=1S/C19H20ClN3OS/c1-3-9-21-19-23-12-17(25-19)14-10-18(24-4-2)22-11-15(14)13-7-5-6-8-16(13)20/h5-8,10-12H,3-4,9H2,1-2H3,(H,21,23). The van der Waals surface area contributed by atoms with Gasteiger partial charge in [-0.2, -0.15) is 0 Å². The lowest BCUT2D eigenvalue weighted by atomic mass is 10.0. The molecule has 0 radical (unpaired) electrons. The SMILES string of the molecule is CCCNc1ncc(-c2cc(OCC)ncc2-c2ccccc2Cl)s1. The summed E-state index contributed by atoms with van der Waals surface area (Å²) in [5, 5.41) is 4.94. The number of aromatic nitrogens is 2.